The largest absolute Gasteiger partial charge is 0.390 e. The fraction of sp³-hybridized carbons (Fsp3) is 0.500. The number of nitrogens with one attached hydrogen (secondary N) is 1. The summed E-state index contributed by atoms with van der Waals surface area (Å²) in [6.07, 6.45) is 1.14. The van der Waals surface area contributed by atoms with Crippen LogP contribution in [-0.4, -0.2) is 17.1 Å². The number of hydrogen-bond acceptors (Lipinski definition) is 2. The molecule has 1 saturated carbocycles. The van der Waals surface area contributed by atoms with Crippen molar-refractivity contribution in [3.63, 3.8) is 0 Å². The molecule has 17 heavy (non-hydrogen) atoms. The van der Waals surface area contributed by atoms with Gasteiger partial charge in [0.2, 0.25) is 5.91 Å². The van der Waals surface area contributed by atoms with Gasteiger partial charge in [-0.05, 0) is 23.5 Å². The minimum Gasteiger partial charge on any atom is -0.390 e. The lowest BCUT2D eigenvalue weighted by Crippen LogP contribution is -2.35. The molecule has 3 rings (SSSR count). The van der Waals surface area contributed by atoms with Crippen molar-refractivity contribution >= 4 is 5.91 Å². The summed E-state index contributed by atoms with van der Waals surface area (Å²) in [4.78, 5) is 11.9. The van der Waals surface area contributed by atoms with E-state index in [1.807, 2.05) is 24.3 Å². The van der Waals surface area contributed by atoms with Crippen molar-refractivity contribution in [2.24, 2.45) is 11.8 Å². The number of amides is 1. The van der Waals surface area contributed by atoms with Crippen LogP contribution >= 0.6 is 0 Å². The van der Waals surface area contributed by atoms with Crippen molar-refractivity contribution in [2.75, 3.05) is 0 Å². The normalized spacial score (nSPS) is 34.2. The number of aliphatic hydroxyl groups excluding tert-OH is 1. The zero-order valence-electron chi connectivity index (χ0n) is 9.89. The highest BCUT2D eigenvalue weighted by Crippen LogP contribution is 2.39. The van der Waals surface area contributed by atoms with Gasteiger partial charge in [-0.2, -0.15) is 0 Å². The third-order valence-electron chi connectivity index (χ3n) is 3.95. The predicted octanol–water partition coefficient (Wildman–Crippen LogP) is 1.42. The number of rotatable bonds is 2. The summed E-state index contributed by atoms with van der Waals surface area (Å²) in [5.74, 6) is 0.761. The standard InChI is InChI=1S/C14H17NO2/c1-8-6-11(8)14(17)15-13-10-5-3-2-4-9(10)7-12(13)16/h2-5,8,11-13,16H,6-7H2,1H3,(H,15,17)/t8?,11?,12-,13+/m0/s1. The summed E-state index contributed by atoms with van der Waals surface area (Å²) in [7, 11) is 0. The molecule has 90 valence electrons. The third kappa shape index (κ3) is 1.84. The molecular formula is C14H17NO2. The van der Waals surface area contributed by atoms with Crippen molar-refractivity contribution in [1.29, 1.82) is 0 Å². The Hall–Kier alpha value is -1.35. The number of fused-ring (bicyclic) bond motifs is 1. The highest BCUT2D eigenvalue weighted by molar-refractivity contribution is 5.82. The number of carbonyl (C=O) groups excluding carboxylic acids is 1. The highest BCUT2D eigenvalue weighted by Gasteiger charge is 2.41. The molecule has 2 unspecified atom stereocenters. The van der Waals surface area contributed by atoms with E-state index in [0.717, 1.165) is 17.5 Å². The average molecular weight is 231 g/mol. The zero-order chi connectivity index (χ0) is 12.0. The fourth-order valence-corrected chi connectivity index (χ4v) is 2.70. The fourth-order valence-electron chi connectivity index (χ4n) is 2.70. The second-order valence-electron chi connectivity index (χ2n) is 5.28. The summed E-state index contributed by atoms with van der Waals surface area (Å²) in [5.41, 5.74) is 2.22. The van der Waals surface area contributed by atoms with E-state index < -0.39 is 6.10 Å². The van der Waals surface area contributed by atoms with Crippen molar-refractivity contribution in [3.8, 4) is 0 Å². The second kappa shape index (κ2) is 3.84. The van der Waals surface area contributed by atoms with Gasteiger partial charge in [-0.1, -0.05) is 31.2 Å². The molecule has 0 aliphatic heterocycles. The Morgan fingerprint density at radius 2 is 2.12 bits per heavy atom. The maximum absolute atomic E-state index is 11.9. The Bertz CT molecular complexity index is 457. The summed E-state index contributed by atoms with van der Waals surface area (Å²) in [6, 6.07) is 7.72. The van der Waals surface area contributed by atoms with Gasteiger partial charge in [-0.15, -0.1) is 0 Å². The molecule has 0 spiro atoms. The first-order valence-electron chi connectivity index (χ1n) is 6.23. The molecule has 3 nitrogen and oxygen atoms in total. The van der Waals surface area contributed by atoms with Crippen molar-refractivity contribution < 1.29 is 9.90 Å². The maximum atomic E-state index is 11.9. The monoisotopic (exact) mass is 231 g/mol. The van der Waals surface area contributed by atoms with Gasteiger partial charge in [-0.3, -0.25) is 4.79 Å². The summed E-state index contributed by atoms with van der Waals surface area (Å²) < 4.78 is 0. The minimum absolute atomic E-state index is 0.0956. The quantitative estimate of drug-likeness (QED) is 0.808. The van der Waals surface area contributed by atoms with Crippen LogP contribution in [0.5, 0.6) is 0 Å². The first-order valence-corrected chi connectivity index (χ1v) is 6.23. The Labute approximate surface area is 101 Å². The van der Waals surface area contributed by atoms with Crippen LogP contribution in [0.15, 0.2) is 24.3 Å². The van der Waals surface area contributed by atoms with Gasteiger partial charge in [0.1, 0.15) is 0 Å². The van der Waals surface area contributed by atoms with Crippen LogP contribution in [0, 0.1) is 11.8 Å². The van der Waals surface area contributed by atoms with Crippen LogP contribution in [0.1, 0.15) is 30.5 Å². The lowest BCUT2D eigenvalue weighted by molar-refractivity contribution is -0.124. The molecule has 1 fully saturated rings. The van der Waals surface area contributed by atoms with E-state index in [1.54, 1.807) is 0 Å². The van der Waals surface area contributed by atoms with Crippen LogP contribution in [0.25, 0.3) is 0 Å². The first-order chi connectivity index (χ1) is 8.16. The molecule has 0 radical (unpaired) electrons. The number of hydrogen-bond donors (Lipinski definition) is 2. The van der Waals surface area contributed by atoms with E-state index in [0.29, 0.717) is 12.3 Å². The van der Waals surface area contributed by atoms with E-state index in [-0.39, 0.29) is 17.9 Å². The molecule has 3 heteroatoms. The maximum Gasteiger partial charge on any atom is 0.223 e. The van der Waals surface area contributed by atoms with Crippen molar-refractivity contribution in [2.45, 2.75) is 31.9 Å². The van der Waals surface area contributed by atoms with E-state index in [9.17, 15) is 9.90 Å². The molecule has 1 aromatic carbocycles. The Morgan fingerprint density at radius 1 is 1.41 bits per heavy atom. The van der Waals surface area contributed by atoms with Gasteiger partial charge in [-0.25, -0.2) is 0 Å². The van der Waals surface area contributed by atoms with Crippen LogP contribution in [-0.2, 0) is 11.2 Å². The summed E-state index contributed by atoms with van der Waals surface area (Å²) in [6.45, 7) is 2.09. The molecule has 2 N–H and O–H groups in total. The van der Waals surface area contributed by atoms with Crippen molar-refractivity contribution in [3.05, 3.63) is 35.4 Å². The van der Waals surface area contributed by atoms with Gasteiger partial charge in [0, 0.05) is 12.3 Å². The molecule has 0 bridgehead atoms. The average Bonchev–Trinajstić information content (AvgIpc) is 2.96. The van der Waals surface area contributed by atoms with Crippen molar-refractivity contribution in [1.82, 2.24) is 5.32 Å². The van der Waals surface area contributed by atoms with E-state index >= 15 is 0 Å². The van der Waals surface area contributed by atoms with Gasteiger partial charge in [0.05, 0.1) is 12.1 Å². The van der Waals surface area contributed by atoms with Gasteiger partial charge < -0.3 is 10.4 Å². The molecule has 2 aliphatic carbocycles. The molecular weight excluding hydrogens is 214 g/mol. The molecule has 0 aromatic heterocycles. The zero-order valence-corrected chi connectivity index (χ0v) is 9.89. The van der Waals surface area contributed by atoms with E-state index in [1.165, 1.54) is 0 Å². The molecule has 1 amide bonds. The highest BCUT2D eigenvalue weighted by atomic mass is 16.3. The summed E-state index contributed by atoms with van der Waals surface area (Å²) >= 11 is 0. The first kappa shape index (κ1) is 10.8. The van der Waals surface area contributed by atoms with E-state index in [2.05, 4.69) is 12.2 Å². The van der Waals surface area contributed by atoms with Crippen LogP contribution in [0.4, 0.5) is 0 Å². The SMILES string of the molecule is CC1CC1C(=O)N[C@@H]1c2ccccc2C[C@@H]1O. The van der Waals surface area contributed by atoms with E-state index in [4.69, 9.17) is 0 Å². The molecule has 0 saturated heterocycles. The van der Waals surface area contributed by atoms with Crippen LogP contribution in [0.2, 0.25) is 0 Å². The van der Waals surface area contributed by atoms with Crippen LogP contribution in [0.3, 0.4) is 0 Å². The Morgan fingerprint density at radius 3 is 2.82 bits per heavy atom. The predicted molar refractivity (Wildman–Crippen MR) is 64.3 cm³/mol. The Balaban J connectivity index is 1.77. The van der Waals surface area contributed by atoms with Gasteiger partial charge >= 0.3 is 0 Å². The molecule has 1 aromatic rings. The summed E-state index contributed by atoms with van der Waals surface area (Å²) in [5, 5.41) is 13.0. The minimum atomic E-state index is -0.481. The number of carbonyl (C=O) groups is 1. The Kier molecular flexibility index (Phi) is 2.44. The number of aliphatic hydroxyl groups is 1. The van der Waals surface area contributed by atoms with Crippen LogP contribution < -0.4 is 5.32 Å². The topological polar surface area (TPSA) is 49.3 Å². The third-order valence-corrected chi connectivity index (χ3v) is 3.95. The molecule has 2 aliphatic rings. The smallest absolute Gasteiger partial charge is 0.223 e. The molecule has 0 heterocycles. The van der Waals surface area contributed by atoms with Gasteiger partial charge in [0.15, 0.2) is 0 Å². The lowest BCUT2D eigenvalue weighted by atomic mass is 10.1. The number of benzene rings is 1. The molecule has 4 atom stereocenters. The van der Waals surface area contributed by atoms with Gasteiger partial charge in [0.25, 0.3) is 0 Å². The second-order valence-corrected chi connectivity index (χ2v) is 5.28. The lowest BCUT2D eigenvalue weighted by Gasteiger charge is -2.17.